The van der Waals surface area contributed by atoms with E-state index in [2.05, 4.69) is 26.0 Å². The van der Waals surface area contributed by atoms with Gasteiger partial charge in [0.25, 0.3) is 0 Å². The highest BCUT2D eigenvalue weighted by molar-refractivity contribution is 6.33. The van der Waals surface area contributed by atoms with Gasteiger partial charge in [-0.3, -0.25) is 9.13 Å². The number of ether oxygens (including phenoxy) is 1. The van der Waals surface area contributed by atoms with Crippen molar-refractivity contribution < 1.29 is 4.74 Å². The molecule has 0 atom stereocenters. The van der Waals surface area contributed by atoms with Gasteiger partial charge in [0.05, 0.1) is 22.7 Å². The van der Waals surface area contributed by atoms with Crippen LogP contribution in [0.4, 0.5) is 0 Å². The molecule has 1 aliphatic heterocycles. The van der Waals surface area contributed by atoms with E-state index in [1.807, 2.05) is 0 Å². The van der Waals surface area contributed by atoms with Crippen molar-refractivity contribution in [2.75, 3.05) is 13.2 Å². The van der Waals surface area contributed by atoms with E-state index in [9.17, 15) is 10.1 Å². The SMILES string of the molecule is N#Cc1ccc2ncn(-c3nc(Cl)c4[nH]c(=O)n(C5CCOCC5)c4n3)c2c1. The highest BCUT2D eigenvalue weighted by Crippen LogP contribution is 2.26. The second kappa shape index (κ2) is 6.44. The molecule has 4 heterocycles. The first kappa shape index (κ1) is 16.9. The predicted molar refractivity (Wildman–Crippen MR) is 102 cm³/mol. The van der Waals surface area contributed by atoms with Crippen molar-refractivity contribution in [3.8, 4) is 12.0 Å². The van der Waals surface area contributed by atoms with Crippen molar-refractivity contribution >= 4 is 33.8 Å². The Morgan fingerprint density at radius 3 is 2.89 bits per heavy atom. The zero-order valence-corrected chi connectivity index (χ0v) is 15.3. The number of rotatable bonds is 2. The fourth-order valence-corrected chi connectivity index (χ4v) is 3.79. The summed E-state index contributed by atoms with van der Waals surface area (Å²) in [5, 5.41) is 9.33. The van der Waals surface area contributed by atoms with Gasteiger partial charge in [0.2, 0.25) is 5.95 Å². The van der Waals surface area contributed by atoms with E-state index >= 15 is 0 Å². The second-order valence-corrected chi connectivity index (χ2v) is 6.94. The third kappa shape index (κ3) is 2.58. The van der Waals surface area contributed by atoms with Gasteiger partial charge in [-0.05, 0) is 31.0 Å². The van der Waals surface area contributed by atoms with Crippen molar-refractivity contribution in [2.45, 2.75) is 18.9 Å². The molecule has 0 spiro atoms. The average Bonchev–Trinajstić information content (AvgIpc) is 3.28. The van der Waals surface area contributed by atoms with Crippen LogP contribution in [0.2, 0.25) is 5.15 Å². The topological polar surface area (TPSA) is 114 Å². The first-order valence-electron chi connectivity index (χ1n) is 8.79. The minimum Gasteiger partial charge on any atom is -0.381 e. The molecule has 5 rings (SSSR count). The Morgan fingerprint density at radius 2 is 2.11 bits per heavy atom. The number of aromatic nitrogens is 6. The maximum atomic E-state index is 12.6. The number of nitrogens with zero attached hydrogens (tertiary/aromatic N) is 6. The lowest BCUT2D eigenvalue weighted by Crippen LogP contribution is -2.27. The molecule has 1 aliphatic rings. The van der Waals surface area contributed by atoms with E-state index in [0.29, 0.717) is 41.0 Å². The molecule has 0 unspecified atom stereocenters. The van der Waals surface area contributed by atoms with Gasteiger partial charge in [0.15, 0.2) is 10.8 Å². The van der Waals surface area contributed by atoms with Crippen LogP contribution in [0, 0.1) is 11.3 Å². The molecular weight excluding hydrogens is 382 g/mol. The van der Waals surface area contributed by atoms with Gasteiger partial charge in [-0.2, -0.15) is 15.2 Å². The molecule has 4 aromatic rings. The lowest BCUT2D eigenvalue weighted by atomic mass is 10.1. The monoisotopic (exact) mass is 395 g/mol. The first-order chi connectivity index (χ1) is 13.7. The van der Waals surface area contributed by atoms with E-state index in [4.69, 9.17) is 16.3 Å². The lowest BCUT2D eigenvalue weighted by Gasteiger charge is -2.22. The minimum atomic E-state index is -0.266. The summed E-state index contributed by atoms with van der Waals surface area (Å²) in [6, 6.07) is 7.28. The Morgan fingerprint density at radius 1 is 1.29 bits per heavy atom. The molecule has 140 valence electrons. The number of hydrogen-bond acceptors (Lipinski definition) is 6. The summed E-state index contributed by atoms with van der Waals surface area (Å²) in [5.41, 5.74) is 2.48. The van der Waals surface area contributed by atoms with Gasteiger partial charge in [-0.15, -0.1) is 0 Å². The Balaban J connectivity index is 1.73. The van der Waals surface area contributed by atoms with E-state index in [1.54, 1.807) is 33.7 Å². The van der Waals surface area contributed by atoms with Gasteiger partial charge < -0.3 is 9.72 Å². The highest BCUT2D eigenvalue weighted by atomic mass is 35.5. The molecule has 0 saturated carbocycles. The highest BCUT2D eigenvalue weighted by Gasteiger charge is 2.23. The molecule has 10 heteroatoms. The molecule has 1 aromatic carbocycles. The zero-order valence-electron chi connectivity index (χ0n) is 14.6. The predicted octanol–water partition coefficient (Wildman–Crippen LogP) is 2.34. The summed E-state index contributed by atoms with van der Waals surface area (Å²) in [6.45, 7) is 1.19. The number of H-pyrrole nitrogens is 1. The van der Waals surface area contributed by atoms with Crippen molar-refractivity contribution in [3.63, 3.8) is 0 Å². The lowest BCUT2D eigenvalue weighted by molar-refractivity contribution is 0.0697. The molecule has 0 radical (unpaired) electrons. The molecule has 0 amide bonds. The molecule has 0 aliphatic carbocycles. The van der Waals surface area contributed by atoms with Gasteiger partial charge in [0.1, 0.15) is 11.8 Å². The molecule has 0 bridgehead atoms. The fraction of sp³-hybridized carbons (Fsp3) is 0.278. The van der Waals surface area contributed by atoms with E-state index in [0.717, 1.165) is 12.8 Å². The van der Waals surface area contributed by atoms with E-state index < -0.39 is 0 Å². The molecular formula is C18H14ClN7O2. The fourth-order valence-electron chi connectivity index (χ4n) is 3.58. The number of fused-ring (bicyclic) bond motifs is 2. The molecule has 3 aromatic heterocycles. The third-order valence-corrected chi connectivity index (χ3v) is 5.23. The van der Waals surface area contributed by atoms with Crippen molar-refractivity contribution in [1.82, 2.24) is 29.1 Å². The van der Waals surface area contributed by atoms with Crippen molar-refractivity contribution in [3.05, 3.63) is 45.7 Å². The third-order valence-electron chi connectivity index (χ3n) is 4.96. The Hall–Kier alpha value is -3.22. The van der Waals surface area contributed by atoms with E-state index in [1.165, 1.54) is 0 Å². The number of imidazole rings is 2. The van der Waals surface area contributed by atoms with Gasteiger partial charge in [0, 0.05) is 19.3 Å². The number of nitrogens with one attached hydrogen (secondary N) is 1. The van der Waals surface area contributed by atoms with Crippen LogP contribution in [0.1, 0.15) is 24.4 Å². The van der Waals surface area contributed by atoms with Gasteiger partial charge in [-0.1, -0.05) is 11.6 Å². The molecule has 1 saturated heterocycles. The maximum absolute atomic E-state index is 12.6. The van der Waals surface area contributed by atoms with Crippen LogP contribution in [0.3, 0.4) is 0 Å². The Labute approximate surface area is 163 Å². The summed E-state index contributed by atoms with van der Waals surface area (Å²) in [5.74, 6) is 0.287. The van der Waals surface area contributed by atoms with Crippen LogP contribution >= 0.6 is 11.6 Å². The normalized spacial score (nSPS) is 15.3. The van der Waals surface area contributed by atoms with Crippen LogP contribution in [-0.4, -0.2) is 42.3 Å². The number of nitriles is 1. The van der Waals surface area contributed by atoms with Crippen LogP contribution in [0.25, 0.3) is 28.1 Å². The molecule has 1 fully saturated rings. The number of benzene rings is 1. The van der Waals surface area contributed by atoms with Crippen molar-refractivity contribution in [1.29, 1.82) is 5.26 Å². The number of halogens is 1. The van der Waals surface area contributed by atoms with Gasteiger partial charge in [-0.25, -0.2) is 9.78 Å². The van der Waals surface area contributed by atoms with Crippen LogP contribution in [0.15, 0.2) is 29.3 Å². The molecule has 9 nitrogen and oxygen atoms in total. The average molecular weight is 396 g/mol. The Bertz CT molecular complexity index is 1310. The summed E-state index contributed by atoms with van der Waals surface area (Å²) < 4.78 is 8.70. The van der Waals surface area contributed by atoms with Gasteiger partial charge >= 0.3 is 5.69 Å². The number of aromatic amines is 1. The number of hydrogen-bond donors (Lipinski definition) is 1. The summed E-state index contributed by atoms with van der Waals surface area (Å²) >= 11 is 6.37. The first-order valence-corrected chi connectivity index (χ1v) is 9.16. The van der Waals surface area contributed by atoms with E-state index in [-0.39, 0.29) is 22.8 Å². The minimum absolute atomic E-state index is 0.0152. The van der Waals surface area contributed by atoms with Crippen molar-refractivity contribution in [2.24, 2.45) is 0 Å². The van der Waals surface area contributed by atoms with Crippen LogP contribution in [0.5, 0.6) is 0 Å². The Kier molecular flexibility index (Phi) is 3.89. The summed E-state index contributed by atoms with van der Waals surface area (Å²) in [7, 11) is 0. The molecule has 28 heavy (non-hydrogen) atoms. The van der Waals surface area contributed by atoms with Crippen LogP contribution < -0.4 is 5.69 Å². The smallest absolute Gasteiger partial charge is 0.328 e. The quantitative estimate of drug-likeness (QED) is 0.521. The summed E-state index contributed by atoms with van der Waals surface area (Å²) in [6.07, 6.45) is 3.03. The maximum Gasteiger partial charge on any atom is 0.328 e. The standard InChI is InChI=1S/C18H14ClN7O2/c19-15-14-16(26(18(27)22-14)11-3-5-28-6-4-11)24-17(23-15)25-9-21-12-2-1-10(8-20)7-13(12)25/h1-2,7,9,11H,3-6H2,(H,22,27). The molecule has 1 N–H and O–H groups in total. The zero-order chi connectivity index (χ0) is 19.3. The second-order valence-electron chi connectivity index (χ2n) is 6.59. The summed E-state index contributed by atoms with van der Waals surface area (Å²) in [4.78, 5) is 28.6. The van der Waals surface area contributed by atoms with Crippen LogP contribution in [-0.2, 0) is 4.74 Å². The largest absolute Gasteiger partial charge is 0.381 e.